The van der Waals surface area contributed by atoms with E-state index in [0.717, 1.165) is 19.3 Å². The third-order valence-electron chi connectivity index (χ3n) is 4.05. The number of alkyl halides is 3. The highest BCUT2D eigenvalue weighted by Gasteiger charge is 2.32. The Kier molecular flexibility index (Phi) is 5.51. The standard InChI is InChI=1S/C16H21F3N2O2/c1-21(15(22)11-6-4-7-13(20)9-11)10-12-5-2-3-8-14(12)23-16(17,18)19/h2-3,5,8,11,13H,4,6-7,9-10,20H2,1H3/t11-,13-/m1/s1. The topological polar surface area (TPSA) is 55.6 Å². The summed E-state index contributed by atoms with van der Waals surface area (Å²) in [5, 5.41) is 0. The Bertz CT molecular complexity index is 548. The first-order valence-corrected chi connectivity index (χ1v) is 7.60. The Morgan fingerprint density at radius 3 is 2.70 bits per heavy atom. The van der Waals surface area contributed by atoms with Gasteiger partial charge in [0.05, 0.1) is 0 Å². The van der Waals surface area contributed by atoms with Crippen molar-refractivity contribution in [1.82, 2.24) is 4.90 Å². The maximum atomic E-state index is 12.5. The second-order valence-electron chi connectivity index (χ2n) is 5.97. The van der Waals surface area contributed by atoms with Crippen LogP contribution in [0.15, 0.2) is 24.3 Å². The fraction of sp³-hybridized carbons (Fsp3) is 0.562. The summed E-state index contributed by atoms with van der Waals surface area (Å²) < 4.78 is 41.3. The summed E-state index contributed by atoms with van der Waals surface area (Å²) in [5.74, 6) is -0.513. The quantitative estimate of drug-likeness (QED) is 0.923. The van der Waals surface area contributed by atoms with Crippen molar-refractivity contribution in [3.05, 3.63) is 29.8 Å². The molecule has 2 atom stereocenters. The lowest BCUT2D eigenvalue weighted by molar-refractivity contribution is -0.275. The number of carbonyl (C=O) groups excluding carboxylic acids is 1. The van der Waals surface area contributed by atoms with Gasteiger partial charge in [-0.15, -0.1) is 13.2 Å². The maximum absolute atomic E-state index is 12.5. The van der Waals surface area contributed by atoms with Gasteiger partial charge in [0, 0.05) is 31.1 Å². The summed E-state index contributed by atoms with van der Waals surface area (Å²) in [6, 6.07) is 5.88. The molecule has 23 heavy (non-hydrogen) atoms. The van der Waals surface area contributed by atoms with Crippen molar-refractivity contribution >= 4 is 5.91 Å². The first kappa shape index (κ1) is 17.6. The van der Waals surface area contributed by atoms with Crippen molar-refractivity contribution in [2.45, 2.75) is 44.6 Å². The van der Waals surface area contributed by atoms with Gasteiger partial charge in [-0.3, -0.25) is 4.79 Å². The molecule has 0 unspecified atom stereocenters. The number of hydrogen-bond donors (Lipinski definition) is 1. The second-order valence-corrected chi connectivity index (χ2v) is 5.97. The molecule has 0 aromatic heterocycles. The predicted molar refractivity (Wildman–Crippen MR) is 79.5 cm³/mol. The smallest absolute Gasteiger partial charge is 0.405 e. The fourth-order valence-electron chi connectivity index (χ4n) is 2.96. The summed E-state index contributed by atoms with van der Waals surface area (Å²) in [6.07, 6.45) is -1.54. The lowest BCUT2D eigenvalue weighted by atomic mass is 9.85. The molecule has 1 aromatic carbocycles. The van der Waals surface area contributed by atoms with Crippen LogP contribution in [0.3, 0.4) is 0 Å². The van der Waals surface area contributed by atoms with Gasteiger partial charge in [0.25, 0.3) is 0 Å². The molecule has 1 aliphatic carbocycles. The van der Waals surface area contributed by atoms with Crippen LogP contribution in [0.4, 0.5) is 13.2 Å². The summed E-state index contributed by atoms with van der Waals surface area (Å²) in [6.45, 7) is 0.0663. The largest absolute Gasteiger partial charge is 0.573 e. The van der Waals surface area contributed by atoms with Crippen LogP contribution in [0.2, 0.25) is 0 Å². The minimum atomic E-state index is -4.76. The monoisotopic (exact) mass is 330 g/mol. The van der Waals surface area contributed by atoms with Crippen molar-refractivity contribution in [3.8, 4) is 5.75 Å². The molecule has 2 N–H and O–H groups in total. The Morgan fingerprint density at radius 1 is 1.35 bits per heavy atom. The number of nitrogens with zero attached hydrogens (tertiary/aromatic N) is 1. The lowest BCUT2D eigenvalue weighted by Gasteiger charge is -2.29. The Balaban J connectivity index is 2.05. The first-order valence-electron chi connectivity index (χ1n) is 7.60. The van der Waals surface area contributed by atoms with Crippen LogP contribution in [0.1, 0.15) is 31.2 Å². The van der Waals surface area contributed by atoms with Gasteiger partial charge in [-0.05, 0) is 25.3 Å². The van der Waals surface area contributed by atoms with Crippen molar-refractivity contribution in [2.24, 2.45) is 11.7 Å². The third kappa shape index (κ3) is 5.13. The average molecular weight is 330 g/mol. The predicted octanol–water partition coefficient (Wildman–Crippen LogP) is 3.06. The molecule has 0 heterocycles. The van der Waals surface area contributed by atoms with Crippen LogP contribution >= 0.6 is 0 Å². The van der Waals surface area contributed by atoms with E-state index in [-0.39, 0.29) is 30.2 Å². The summed E-state index contributed by atoms with van der Waals surface area (Å²) >= 11 is 0. The minimum absolute atomic E-state index is 0.0203. The number of halogens is 3. The summed E-state index contributed by atoms with van der Waals surface area (Å²) in [7, 11) is 1.59. The maximum Gasteiger partial charge on any atom is 0.573 e. The van der Waals surface area contributed by atoms with Gasteiger partial charge in [-0.25, -0.2) is 0 Å². The number of benzene rings is 1. The van der Waals surface area contributed by atoms with Crippen LogP contribution in [0.5, 0.6) is 5.75 Å². The SMILES string of the molecule is CN(Cc1ccccc1OC(F)(F)F)C(=O)[C@@H]1CCC[C@@H](N)C1. The van der Waals surface area contributed by atoms with Gasteiger partial charge >= 0.3 is 6.36 Å². The second kappa shape index (κ2) is 7.21. The molecule has 0 bridgehead atoms. The first-order chi connectivity index (χ1) is 10.8. The molecule has 7 heteroatoms. The molecule has 1 fully saturated rings. The number of rotatable bonds is 4. The molecule has 1 amide bonds. The van der Waals surface area contributed by atoms with Crippen LogP contribution in [0.25, 0.3) is 0 Å². The molecule has 1 aliphatic rings. The molecular weight excluding hydrogens is 309 g/mol. The van der Waals surface area contributed by atoms with E-state index >= 15 is 0 Å². The zero-order valence-corrected chi connectivity index (χ0v) is 13.0. The minimum Gasteiger partial charge on any atom is -0.405 e. The van der Waals surface area contributed by atoms with Gasteiger partial charge in [0.2, 0.25) is 5.91 Å². The molecule has 2 rings (SSSR count). The average Bonchev–Trinajstić information content (AvgIpc) is 2.47. The van der Waals surface area contributed by atoms with E-state index in [1.807, 2.05) is 0 Å². The highest BCUT2D eigenvalue weighted by Crippen LogP contribution is 2.29. The van der Waals surface area contributed by atoms with Gasteiger partial charge in [-0.1, -0.05) is 24.6 Å². The number of para-hydroxylation sites is 1. The van der Waals surface area contributed by atoms with E-state index in [1.54, 1.807) is 13.1 Å². The van der Waals surface area contributed by atoms with Gasteiger partial charge in [-0.2, -0.15) is 0 Å². The fourth-order valence-corrected chi connectivity index (χ4v) is 2.96. The Labute approximate surface area is 133 Å². The summed E-state index contributed by atoms with van der Waals surface area (Å²) in [5.41, 5.74) is 6.21. The van der Waals surface area contributed by atoms with E-state index in [4.69, 9.17) is 5.73 Å². The van der Waals surface area contributed by atoms with Crippen molar-refractivity contribution in [1.29, 1.82) is 0 Å². The normalized spacial score (nSPS) is 21.8. The lowest BCUT2D eigenvalue weighted by Crippen LogP contribution is -2.38. The highest BCUT2D eigenvalue weighted by atomic mass is 19.4. The van der Waals surface area contributed by atoms with E-state index in [2.05, 4.69) is 4.74 Å². The summed E-state index contributed by atoms with van der Waals surface area (Å²) in [4.78, 5) is 13.9. The van der Waals surface area contributed by atoms with Crippen molar-refractivity contribution in [2.75, 3.05) is 7.05 Å². The van der Waals surface area contributed by atoms with E-state index in [1.165, 1.54) is 23.1 Å². The number of amides is 1. The highest BCUT2D eigenvalue weighted by molar-refractivity contribution is 5.78. The van der Waals surface area contributed by atoms with Gasteiger partial charge in [0.15, 0.2) is 0 Å². The van der Waals surface area contributed by atoms with E-state index in [9.17, 15) is 18.0 Å². The molecule has 4 nitrogen and oxygen atoms in total. The zero-order chi connectivity index (χ0) is 17.0. The number of hydrogen-bond acceptors (Lipinski definition) is 3. The van der Waals surface area contributed by atoms with Crippen molar-refractivity contribution < 1.29 is 22.7 Å². The van der Waals surface area contributed by atoms with Gasteiger partial charge in [0.1, 0.15) is 5.75 Å². The Hall–Kier alpha value is -1.76. The molecular formula is C16H21F3N2O2. The molecule has 1 saturated carbocycles. The van der Waals surface area contributed by atoms with Crippen LogP contribution < -0.4 is 10.5 Å². The van der Waals surface area contributed by atoms with Crippen LogP contribution in [-0.2, 0) is 11.3 Å². The van der Waals surface area contributed by atoms with Crippen LogP contribution in [0, 0.1) is 5.92 Å². The number of nitrogens with two attached hydrogens (primary N) is 1. The Morgan fingerprint density at radius 2 is 2.04 bits per heavy atom. The zero-order valence-electron chi connectivity index (χ0n) is 13.0. The molecule has 0 radical (unpaired) electrons. The molecule has 1 aromatic rings. The number of ether oxygens (including phenoxy) is 1. The van der Waals surface area contributed by atoms with Gasteiger partial charge < -0.3 is 15.4 Å². The number of carbonyl (C=O) groups is 1. The third-order valence-corrected chi connectivity index (χ3v) is 4.05. The van der Waals surface area contributed by atoms with Crippen LogP contribution in [-0.4, -0.2) is 30.3 Å². The molecule has 0 saturated heterocycles. The van der Waals surface area contributed by atoms with E-state index < -0.39 is 6.36 Å². The molecule has 0 aliphatic heterocycles. The molecule has 128 valence electrons. The molecule has 0 spiro atoms. The van der Waals surface area contributed by atoms with Crippen molar-refractivity contribution in [3.63, 3.8) is 0 Å². The van der Waals surface area contributed by atoms with E-state index in [0.29, 0.717) is 12.0 Å².